The number of rotatable bonds is 8. The second kappa shape index (κ2) is 10.5. The standard InChI is InChI=1S/C26H28O5/c1-28-23-11-9-18(16-25(23)30-3)5-7-20-13-21(15-22(27)14-20)8-6-19-10-12-24(29-2)26(17-19)31-4/h5-12,14,16-17,21H,13,15H2,1-4H3/b7-5+,8-6+. The highest BCUT2D eigenvalue weighted by Gasteiger charge is 2.17. The van der Waals surface area contributed by atoms with E-state index in [1.54, 1.807) is 34.5 Å². The number of ether oxygens (including phenoxy) is 4. The van der Waals surface area contributed by atoms with Gasteiger partial charge in [0.15, 0.2) is 28.8 Å². The lowest BCUT2D eigenvalue weighted by Gasteiger charge is -2.17. The molecule has 31 heavy (non-hydrogen) atoms. The molecule has 0 saturated heterocycles. The monoisotopic (exact) mass is 420 g/mol. The molecule has 0 bridgehead atoms. The first-order valence-electron chi connectivity index (χ1n) is 10.1. The van der Waals surface area contributed by atoms with Gasteiger partial charge in [0.25, 0.3) is 0 Å². The highest BCUT2D eigenvalue weighted by atomic mass is 16.5. The molecule has 0 spiro atoms. The minimum atomic E-state index is 0.139. The van der Waals surface area contributed by atoms with Crippen LogP contribution in [0.4, 0.5) is 0 Å². The molecule has 1 atom stereocenters. The zero-order valence-electron chi connectivity index (χ0n) is 18.4. The van der Waals surface area contributed by atoms with Gasteiger partial charge in [-0.05, 0) is 59.4 Å². The molecule has 0 aliphatic heterocycles. The number of benzene rings is 2. The maximum absolute atomic E-state index is 12.3. The molecule has 3 rings (SSSR count). The summed E-state index contributed by atoms with van der Waals surface area (Å²) in [4.78, 5) is 12.3. The van der Waals surface area contributed by atoms with Gasteiger partial charge in [-0.2, -0.15) is 0 Å². The van der Waals surface area contributed by atoms with Crippen LogP contribution in [0.25, 0.3) is 12.2 Å². The van der Waals surface area contributed by atoms with E-state index in [0.717, 1.165) is 23.1 Å². The highest BCUT2D eigenvalue weighted by Crippen LogP contribution is 2.31. The van der Waals surface area contributed by atoms with Crippen LogP contribution in [0.1, 0.15) is 24.0 Å². The van der Waals surface area contributed by atoms with Gasteiger partial charge in [-0.3, -0.25) is 4.79 Å². The van der Waals surface area contributed by atoms with Crippen LogP contribution in [0.15, 0.2) is 60.2 Å². The Balaban J connectivity index is 1.70. The Morgan fingerprint density at radius 2 is 1.26 bits per heavy atom. The molecular formula is C26H28O5. The normalized spacial score (nSPS) is 16.5. The van der Waals surface area contributed by atoms with Crippen molar-refractivity contribution in [1.29, 1.82) is 0 Å². The van der Waals surface area contributed by atoms with Crippen molar-refractivity contribution in [3.63, 3.8) is 0 Å². The Hall–Kier alpha value is -3.47. The molecule has 0 aromatic heterocycles. The van der Waals surface area contributed by atoms with Gasteiger partial charge in [-0.1, -0.05) is 36.4 Å². The van der Waals surface area contributed by atoms with E-state index in [0.29, 0.717) is 29.4 Å². The lowest BCUT2D eigenvalue weighted by atomic mass is 9.87. The van der Waals surface area contributed by atoms with Gasteiger partial charge < -0.3 is 18.9 Å². The SMILES string of the molecule is COc1ccc(/C=C/C2=CC(=O)CC(/C=C/c3ccc(OC)c(OC)c3)C2)cc1OC. The number of ketones is 1. The van der Waals surface area contributed by atoms with Gasteiger partial charge in [0.2, 0.25) is 0 Å². The number of hydrogen-bond donors (Lipinski definition) is 0. The first kappa shape index (κ1) is 22.2. The summed E-state index contributed by atoms with van der Waals surface area (Å²) < 4.78 is 21.3. The zero-order chi connectivity index (χ0) is 22.2. The van der Waals surface area contributed by atoms with E-state index < -0.39 is 0 Å². The molecular weight excluding hydrogens is 392 g/mol. The van der Waals surface area contributed by atoms with Crippen molar-refractivity contribution in [2.24, 2.45) is 5.92 Å². The molecule has 0 N–H and O–H groups in total. The Morgan fingerprint density at radius 1 is 0.710 bits per heavy atom. The number of carbonyl (C=O) groups excluding carboxylic acids is 1. The fourth-order valence-corrected chi connectivity index (χ4v) is 3.57. The van der Waals surface area contributed by atoms with E-state index in [1.165, 1.54) is 0 Å². The second-order valence-corrected chi connectivity index (χ2v) is 7.28. The summed E-state index contributed by atoms with van der Waals surface area (Å²) in [5.74, 6) is 3.03. The first-order valence-corrected chi connectivity index (χ1v) is 10.1. The fourth-order valence-electron chi connectivity index (χ4n) is 3.57. The van der Waals surface area contributed by atoms with Crippen molar-refractivity contribution in [2.75, 3.05) is 28.4 Å². The van der Waals surface area contributed by atoms with E-state index in [1.807, 2.05) is 54.6 Å². The number of carbonyl (C=O) groups is 1. The van der Waals surface area contributed by atoms with E-state index >= 15 is 0 Å². The van der Waals surface area contributed by atoms with Crippen molar-refractivity contribution < 1.29 is 23.7 Å². The van der Waals surface area contributed by atoms with Gasteiger partial charge in [0.05, 0.1) is 28.4 Å². The van der Waals surface area contributed by atoms with Crippen LogP contribution in [0.5, 0.6) is 23.0 Å². The Labute approximate surface area is 183 Å². The van der Waals surface area contributed by atoms with Gasteiger partial charge in [-0.25, -0.2) is 0 Å². The largest absolute Gasteiger partial charge is 0.493 e. The molecule has 0 amide bonds. The average Bonchev–Trinajstić information content (AvgIpc) is 2.80. The molecule has 2 aromatic rings. The Morgan fingerprint density at radius 3 is 1.81 bits per heavy atom. The molecule has 5 nitrogen and oxygen atoms in total. The van der Waals surface area contributed by atoms with Crippen LogP contribution in [-0.4, -0.2) is 34.2 Å². The highest BCUT2D eigenvalue weighted by molar-refractivity contribution is 5.92. The van der Waals surface area contributed by atoms with Crippen LogP contribution < -0.4 is 18.9 Å². The lowest BCUT2D eigenvalue weighted by Crippen LogP contribution is -2.11. The predicted molar refractivity (Wildman–Crippen MR) is 123 cm³/mol. The third-order valence-corrected chi connectivity index (χ3v) is 5.17. The molecule has 1 aliphatic rings. The van der Waals surface area contributed by atoms with Crippen molar-refractivity contribution >= 4 is 17.9 Å². The number of methoxy groups -OCH3 is 4. The molecule has 162 valence electrons. The summed E-state index contributed by atoms with van der Waals surface area (Å²) in [5, 5.41) is 0. The van der Waals surface area contributed by atoms with Gasteiger partial charge >= 0.3 is 0 Å². The number of hydrogen-bond acceptors (Lipinski definition) is 5. The van der Waals surface area contributed by atoms with E-state index in [9.17, 15) is 4.79 Å². The van der Waals surface area contributed by atoms with Crippen molar-refractivity contribution in [3.05, 3.63) is 71.3 Å². The second-order valence-electron chi connectivity index (χ2n) is 7.28. The summed E-state index contributed by atoms with van der Waals surface area (Å²) in [6.45, 7) is 0. The molecule has 0 fully saturated rings. The topological polar surface area (TPSA) is 54.0 Å². The maximum atomic E-state index is 12.3. The summed E-state index contributed by atoms with van der Waals surface area (Å²) in [6, 6.07) is 11.5. The Kier molecular flexibility index (Phi) is 7.55. The van der Waals surface area contributed by atoms with Crippen molar-refractivity contribution in [1.82, 2.24) is 0 Å². The van der Waals surface area contributed by atoms with Crippen molar-refractivity contribution in [3.8, 4) is 23.0 Å². The molecule has 5 heteroatoms. The minimum absolute atomic E-state index is 0.139. The third-order valence-electron chi connectivity index (χ3n) is 5.17. The van der Waals surface area contributed by atoms with Gasteiger partial charge in [0, 0.05) is 6.42 Å². The smallest absolute Gasteiger partial charge is 0.161 e. The molecule has 0 saturated carbocycles. The third kappa shape index (κ3) is 5.79. The summed E-state index contributed by atoms with van der Waals surface area (Å²) in [7, 11) is 6.46. The summed E-state index contributed by atoms with van der Waals surface area (Å²) >= 11 is 0. The van der Waals surface area contributed by atoms with Gasteiger partial charge in [0.1, 0.15) is 0 Å². The van der Waals surface area contributed by atoms with E-state index in [-0.39, 0.29) is 11.7 Å². The van der Waals surface area contributed by atoms with Crippen LogP contribution >= 0.6 is 0 Å². The van der Waals surface area contributed by atoms with Crippen LogP contribution in [0.3, 0.4) is 0 Å². The Bertz CT molecular complexity index is 1020. The molecule has 1 aliphatic carbocycles. The number of allylic oxidation sites excluding steroid dienone is 4. The van der Waals surface area contributed by atoms with Crippen LogP contribution in [0.2, 0.25) is 0 Å². The minimum Gasteiger partial charge on any atom is -0.493 e. The quantitative estimate of drug-likeness (QED) is 0.576. The molecule has 0 radical (unpaired) electrons. The summed E-state index contributed by atoms with van der Waals surface area (Å²) in [5.41, 5.74) is 2.99. The van der Waals surface area contributed by atoms with E-state index in [2.05, 4.69) is 6.08 Å². The molecule has 2 aromatic carbocycles. The predicted octanol–water partition coefficient (Wildman–Crippen LogP) is 5.35. The lowest BCUT2D eigenvalue weighted by molar-refractivity contribution is -0.115. The first-order chi connectivity index (χ1) is 15.1. The fraction of sp³-hybridized carbons (Fsp3) is 0.269. The van der Waals surface area contributed by atoms with Crippen molar-refractivity contribution in [2.45, 2.75) is 12.8 Å². The average molecular weight is 421 g/mol. The molecule has 1 unspecified atom stereocenters. The molecule has 0 heterocycles. The maximum Gasteiger partial charge on any atom is 0.161 e. The van der Waals surface area contributed by atoms with Gasteiger partial charge in [-0.15, -0.1) is 0 Å². The van der Waals surface area contributed by atoms with Crippen LogP contribution in [0, 0.1) is 5.92 Å². The zero-order valence-corrected chi connectivity index (χ0v) is 18.4. The van der Waals surface area contributed by atoms with Crippen LogP contribution in [-0.2, 0) is 4.79 Å². The van der Waals surface area contributed by atoms with E-state index in [4.69, 9.17) is 18.9 Å². The summed E-state index contributed by atoms with van der Waals surface area (Å²) in [6.07, 6.45) is 11.2.